The van der Waals surface area contributed by atoms with Crippen LogP contribution in [-0.2, 0) is 21.1 Å². The molecule has 2 aromatic carbocycles. The largest absolute Gasteiger partial charge is 0.439 e. The minimum Gasteiger partial charge on any atom is -0.439 e. The van der Waals surface area contributed by atoms with Crippen molar-refractivity contribution in [1.82, 2.24) is 4.90 Å². The molecule has 9 heteroatoms. The van der Waals surface area contributed by atoms with E-state index in [9.17, 15) is 17.6 Å². The van der Waals surface area contributed by atoms with Crippen LogP contribution >= 0.6 is 11.6 Å². The molecule has 6 nitrogen and oxygen atoms in total. The fourth-order valence-corrected chi connectivity index (χ4v) is 4.85. The average Bonchev–Trinajstić information content (AvgIpc) is 3.47. The number of hydrogen-bond acceptors (Lipinski definition) is 5. The zero-order valence-electron chi connectivity index (χ0n) is 17.0. The Bertz CT molecular complexity index is 1200. The van der Waals surface area contributed by atoms with Crippen LogP contribution in [0.1, 0.15) is 29.0 Å². The van der Waals surface area contributed by atoms with Crippen molar-refractivity contribution in [1.29, 1.82) is 0 Å². The Hall–Kier alpha value is -2.68. The average molecular weight is 478 g/mol. The van der Waals surface area contributed by atoms with Crippen LogP contribution in [0.25, 0.3) is 0 Å². The van der Waals surface area contributed by atoms with E-state index in [-0.39, 0.29) is 34.9 Å². The molecule has 1 unspecified atom stereocenters. The summed E-state index contributed by atoms with van der Waals surface area (Å²) in [7, 11) is -3.96. The molecular formula is C23H21ClFNO5S. The molecule has 0 spiro atoms. The highest BCUT2D eigenvalue weighted by atomic mass is 35.5. The molecule has 1 atom stereocenters. The van der Waals surface area contributed by atoms with Crippen molar-refractivity contribution in [3.63, 3.8) is 0 Å². The van der Waals surface area contributed by atoms with E-state index in [1.54, 1.807) is 18.2 Å². The molecule has 1 saturated heterocycles. The molecule has 0 saturated carbocycles. The molecule has 32 heavy (non-hydrogen) atoms. The van der Waals surface area contributed by atoms with Crippen molar-refractivity contribution in [3.8, 4) is 0 Å². The van der Waals surface area contributed by atoms with Gasteiger partial charge in [0.25, 0.3) is 5.91 Å². The van der Waals surface area contributed by atoms with Crippen LogP contribution < -0.4 is 0 Å². The zero-order valence-corrected chi connectivity index (χ0v) is 18.6. The van der Waals surface area contributed by atoms with Gasteiger partial charge in [-0.2, -0.15) is 0 Å². The molecule has 0 radical (unpaired) electrons. The second-order valence-electron chi connectivity index (χ2n) is 7.49. The van der Waals surface area contributed by atoms with E-state index in [0.29, 0.717) is 17.2 Å². The molecule has 1 aliphatic rings. The highest BCUT2D eigenvalue weighted by Crippen LogP contribution is 2.26. The standard InChI is InChI=1S/C23H21ClFNO5S/c24-17-7-9-19(10-8-17)32(28,29)22-12-11-21(31-22)23(27)26(15-18-5-3-13-30-18)14-16-4-1-2-6-20(16)25/h1-2,4,6-12,18H,3,5,13-15H2. The third-order valence-corrected chi connectivity index (χ3v) is 7.13. The van der Waals surface area contributed by atoms with Crippen LogP contribution in [0.15, 0.2) is 75.1 Å². The van der Waals surface area contributed by atoms with Gasteiger partial charge in [0.1, 0.15) is 5.82 Å². The number of sulfone groups is 1. The second kappa shape index (κ2) is 9.44. The van der Waals surface area contributed by atoms with Gasteiger partial charge in [0.2, 0.25) is 14.9 Å². The maximum atomic E-state index is 14.2. The SMILES string of the molecule is O=C(c1ccc(S(=O)(=O)c2ccc(Cl)cc2)o1)N(Cc1ccccc1F)CC1CCCO1. The summed E-state index contributed by atoms with van der Waals surface area (Å²) >= 11 is 5.83. The van der Waals surface area contributed by atoms with Crippen LogP contribution in [0.2, 0.25) is 5.02 Å². The topological polar surface area (TPSA) is 76.8 Å². The zero-order chi connectivity index (χ0) is 22.7. The first-order chi connectivity index (χ1) is 15.3. The number of carbonyl (C=O) groups excluding carboxylic acids is 1. The number of rotatable bonds is 7. The Labute approximate surface area is 190 Å². The van der Waals surface area contributed by atoms with Crippen LogP contribution in [0.3, 0.4) is 0 Å². The van der Waals surface area contributed by atoms with Gasteiger partial charge in [-0.15, -0.1) is 0 Å². The maximum absolute atomic E-state index is 14.2. The highest BCUT2D eigenvalue weighted by molar-refractivity contribution is 7.91. The molecule has 4 rings (SSSR count). The summed E-state index contributed by atoms with van der Waals surface area (Å²) in [6, 6.07) is 14.4. The highest BCUT2D eigenvalue weighted by Gasteiger charge is 2.28. The van der Waals surface area contributed by atoms with Crippen LogP contribution in [0.5, 0.6) is 0 Å². The summed E-state index contributed by atoms with van der Waals surface area (Å²) < 4.78 is 51.0. The van der Waals surface area contributed by atoms with Crippen molar-refractivity contribution in [2.45, 2.75) is 35.5 Å². The number of ether oxygens (including phenoxy) is 1. The Morgan fingerprint density at radius 2 is 1.84 bits per heavy atom. The van der Waals surface area contributed by atoms with Gasteiger partial charge in [-0.3, -0.25) is 4.79 Å². The van der Waals surface area contributed by atoms with Gasteiger partial charge >= 0.3 is 0 Å². The van der Waals surface area contributed by atoms with E-state index in [1.807, 2.05) is 0 Å². The van der Waals surface area contributed by atoms with E-state index in [0.717, 1.165) is 12.8 Å². The lowest BCUT2D eigenvalue weighted by molar-refractivity contribution is 0.0477. The number of carbonyl (C=O) groups is 1. The first kappa shape index (κ1) is 22.5. The van der Waals surface area contributed by atoms with Gasteiger partial charge in [-0.05, 0) is 55.3 Å². The van der Waals surface area contributed by atoms with E-state index < -0.39 is 21.6 Å². The summed E-state index contributed by atoms with van der Waals surface area (Å²) in [5.41, 5.74) is 0.347. The minimum atomic E-state index is -3.96. The fourth-order valence-electron chi connectivity index (χ4n) is 3.55. The Morgan fingerprint density at radius 3 is 2.53 bits per heavy atom. The summed E-state index contributed by atoms with van der Waals surface area (Å²) in [5, 5.41) is 0.0447. The van der Waals surface area contributed by atoms with Crippen molar-refractivity contribution < 1.29 is 26.8 Å². The van der Waals surface area contributed by atoms with Gasteiger partial charge in [-0.25, -0.2) is 12.8 Å². The van der Waals surface area contributed by atoms with Gasteiger partial charge < -0.3 is 14.1 Å². The molecule has 0 aliphatic carbocycles. The third kappa shape index (κ3) is 4.87. The van der Waals surface area contributed by atoms with Crippen LogP contribution in [0.4, 0.5) is 4.39 Å². The van der Waals surface area contributed by atoms with Gasteiger partial charge in [0, 0.05) is 30.3 Å². The number of halogens is 2. The molecule has 1 fully saturated rings. The monoisotopic (exact) mass is 477 g/mol. The molecule has 0 N–H and O–H groups in total. The van der Waals surface area contributed by atoms with Crippen molar-refractivity contribution >= 4 is 27.3 Å². The predicted molar refractivity (Wildman–Crippen MR) is 116 cm³/mol. The van der Waals surface area contributed by atoms with E-state index in [4.69, 9.17) is 20.8 Å². The molecule has 168 valence electrons. The Balaban J connectivity index is 1.60. The number of benzene rings is 2. The van der Waals surface area contributed by atoms with Crippen molar-refractivity contribution in [2.75, 3.05) is 13.2 Å². The normalized spacial score (nSPS) is 16.2. The summed E-state index contributed by atoms with van der Waals surface area (Å²) in [6.07, 6.45) is 1.50. The Morgan fingerprint density at radius 1 is 1.09 bits per heavy atom. The maximum Gasteiger partial charge on any atom is 0.290 e. The second-order valence-corrected chi connectivity index (χ2v) is 9.81. The first-order valence-electron chi connectivity index (χ1n) is 10.1. The number of nitrogens with zero attached hydrogens (tertiary/aromatic N) is 1. The quantitative estimate of drug-likeness (QED) is 0.492. The minimum absolute atomic E-state index is 0.00202. The van der Waals surface area contributed by atoms with Gasteiger partial charge in [-0.1, -0.05) is 29.8 Å². The first-order valence-corrected chi connectivity index (χ1v) is 12.0. The lowest BCUT2D eigenvalue weighted by Gasteiger charge is -2.25. The van der Waals surface area contributed by atoms with Crippen LogP contribution in [-0.4, -0.2) is 38.5 Å². The summed E-state index contributed by atoms with van der Waals surface area (Å²) in [6.45, 7) is 0.856. The molecule has 1 aliphatic heterocycles. The van der Waals surface area contributed by atoms with E-state index >= 15 is 0 Å². The smallest absolute Gasteiger partial charge is 0.290 e. The van der Waals surface area contributed by atoms with Gasteiger partial charge in [0.05, 0.1) is 11.0 Å². The number of furan rings is 1. The molecule has 1 aromatic heterocycles. The number of amides is 1. The summed E-state index contributed by atoms with van der Waals surface area (Å²) in [4.78, 5) is 14.6. The third-order valence-electron chi connectivity index (χ3n) is 5.24. The van der Waals surface area contributed by atoms with Crippen LogP contribution in [0, 0.1) is 5.82 Å². The van der Waals surface area contributed by atoms with E-state index in [1.165, 1.54) is 47.4 Å². The molecular weight excluding hydrogens is 457 g/mol. The lowest BCUT2D eigenvalue weighted by Crippen LogP contribution is -2.37. The van der Waals surface area contributed by atoms with Gasteiger partial charge in [0.15, 0.2) is 5.76 Å². The molecule has 2 heterocycles. The van der Waals surface area contributed by atoms with E-state index in [2.05, 4.69) is 0 Å². The fraction of sp³-hybridized carbons (Fsp3) is 0.261. The molecule has 3 aromatic rings. The summed E-state index contributed by atoms with van der Waals surface area (Å²) in [5.74, 6) is -1.11. The lowest BCUT2D eigenvalue weighted by atomic mass is 10.1. The van der Waals surface area contributed by atoms with Crippen molar-refractivity contribution in [2.24, 2.45) is 0 Å². The van der Waals surface area contributed by atoms with Crippen molar-refractivity contribution in [3.05, 3.63) is 82.8 Å². The Kier molecular flexibility index (Phi) is 6.64. The number of hydrogen-bond donors (Lipinski definition) is 0. The molecule has 0 bridgehead atoms. The molecule has 1 amide bonds. The predicted octanol–water partition coefficient (Wildman–Crippen LogP) is 4.73.